The second kappa shape index (κ2) is 6.18. The molecule has 4 nitrogen and oxygen atoms in total. The molecule has 100 valence electrons. The molecule has 0 atom stereocenters. The molecule has 0 saturated heterocycles. The summed E-state index contributed by atoms with van der Waals surface area (Å²) in [5, 5.41) is 3.30. The normalized spacial score (nSPS) is 10.3. The zero-order chi connectivity index (χ0) is 13.7. The number of aromatic nitrogens is 2. The second-order valence-corrected chi connectivity index (χ2v) is 4.41. The van der Waals surface area contributed by atoms with Gasteiger partial charge < -0.3 is 10.1 Å². The van der Waals surface area contributed by atoms with E-state index in [1.165, 1.54) is 11.1 Å². The van der Waals surface area contributed by atoms with Gasteiger partial charge >= 0.3 is 0 Å². The van der Waals surface area contributed by atoms with Gasteiger partial charge in [0.1, 0.15) is 11.6 Å². The Bertz CT molecular complexity index is 555. The van der Waals surface area contributed by atoms with Gasteiger partial charge in [-0.05, 0) is 26.3 Å². The summed E-state index contributed by atoms with van der Waals surface area (Å²) in [6.07, 6.45) is 0. The lowest BCUT2D eigenvalue weighted by Crippen LogP contribution is -2.05. The number of hydrogen-bond donors (Lipinski definition) is 1. The molecule has 0 aliphatic carbocycles. The van der Waals surface area contributed by atoms with Gasteiger partial charge in [-0.15, -0.1) is 0 Å². The van der Waals surface area contributed by atoms with E-state index in [1.807, 2.05) is 19.9 Å². The van der Waals surface area contributed by atoms with E-state index < -0.39 is 0 Å². The molecule has 19 heavy (non-hydrogen) atoms. The summed E-state index contributed by atoms with van der Waals surface area (Å²) in [6, 6.07) is 10.2. The highest BCUT2D eigenvalue weighted by atomic mass is 16.5. The molecule has 0 aliphatic heterocycles. The molecule has 0 bridgehead atoms. The summed E-state index contributed by atoms with van der Waals surface area (Å²) < 4.78 is 5.41. The molecule has 0 radical (unpaired) electrons. The topological polar surface area (TPSA) is 47.0 Å². The monoisotopic (exact) mass is 257 g/mol. The van der Waals surface area contributed by atoms with E-state index >= 15 is 0 Å². The second-order valence-electron chi connectivity index (χ2n) is 4.41. The maximum atomic E-state index is 5.41. The van der Waals surface area contributed by atoms with Crippen LogP contribution in [-0.4, -0.2) is 16.6 Å². The van der Waals surface area contributed by atoms with Crippen LogP contribution in [0.2, 0.25) is 0 Å². The first kappa shape index (κ1) is 13.3. The highest BCUT2D eigenvalue weighted by Crippen LogP contribution is 2.14. The Morgan fingerprint density at radius 3 is 2.74 bits per heavy atom. The minimum absolute atomic E-state index is 0.605. The fourth-order valence-electron chi connectivity index (χ4n) is 1.87. The van der Waals surface area contributed by atoms with Crippen LogP contribution in [0.15, 0.2) is 30.3 Å². The summed E-state index contributed by atoms with van der Waals surface area (Å²) in [4.78, 5) is 8.57. The molecule has 2 aromatic rings. The number of hydrogen-bond acceptors (Lipinski definition) is 4. The lowest BCUT2D eigenvalue weighted by molar-refractivity contribution is 0.325. The Labute approximate surface area is 113 Å². The summed E-state index contributed by atoms with van der Waals surface area (Å²) in [6.45, 7) is 7.24. The summed E-state index contributed by atoms with van der Waals surface area (Å²) in [5.41, 5.74) is 2.49. The van der Waals surface area contributed by atoms with E-state index in [1.54, 1.807) is 0 Å². The molecule has 0 saturated carbocycles. The van der Waals surface area contributed by atoms with Gasteiger partial charge in [0.05, 0.1) is 6.61 Å². The molecule has 0 unspecified atom stereocenters. The molecule has 1 heterocycles. The van der Waals surface area contributed by atoms with Crippen LogP contribution in [0.4, 0.5) is 5.82 Å². The van der Waals surface area contributed by atoms with Gasteiger partial charge in [-0.1, -0.05) is 29.8 Å². The van der Waals surface area contributed by atoms with E-state index in [4.69, 9.17) is 4.74 Å². The minimum Gasteiger partial charge on any atom is -0.478 e. The maximum absolute atomic E-state index is 5.41. The van der Waals surface area contributed by atoms with Crippen LogP contribution in [0.1, 0.15) is 23.9 Å². The van der Waals surface area contributed by atoms with Crippen molar-refractivity contribution in [2.24, 2.45) is 0 Å². The lowest BCUT2D eigenvalue weighted by atomic mass is 10.1. The molecule has 4 heteroatoms. The van der Waals surface area contributed by atoms with Crippen molar-refractivity contribution in [1.82, 2.24) is 9.97 Å². The van der Waals surface area contributed by atoms with Gasteiger partial charge in [-0.25, -0.2) is 4.98 Å². The Morgan fingerprint density at radius 1 is 1.16 bits per heavy atom. The van der Waals surface area contributed by atoms with Crippen LogP contribution < -0.4 is 10.1 Å². The van der Waals surface area contributed by atoms with Crippen molar-refractivity contribution in [3.8, 4) is 5.88 Å². The highest BCUT2D eigenvalue weighted by Gasteiger charge is 2.02. The molecular weight excluding hydrogens is 238 g/mol. The molecule has 0 fully saturated rings. The average molecular weight is 257 g/mol. The zero-order valence-electron chi connectivity index (χ0n) is 11.6. The number of nitrogens with zero attached hydrogens (tertiary/aromatic N) is 2. The van der Waals surface area contributed by atoms with Crippen molar-refractivity contribution in [1.29, 1.82) is 0 Å². The van der Waals surface area contributed by atoms with Crippen LogP contribution in [0.3, 0.4) is 0 Å². The summed E-state index contributed by atoms with van der Waals surface area (Å²) in [7, 11) is 0. The number of rotatable bonds is 5. The smallest absolute Gasteiger partial charge is 0.218 e. The van der Waals surface area contributed by atoms with Gasteiger partial charge in [0.15, 0.2) is 0 Å². The van der Waals surface area contributed by atoms with Gasteiger partial charge in [-0.3, -0.25) is 0 Å². The van der Waals surface area contributed by atoms with Crippen molar-refractivity contribution in [2.45, 2.75) is 27.3 Å². The van der Waals surface area contributed by atoms with E-state index in [2.05, 4.69) is 46.5 Å². The number of aryl methyl sites for hydroxylation is 2. The Morgan fingerprint density at radius 2 is 2.00 bits per heavy atom. The number of ether oxygens (including phenoxy) is 1. The lowest BCUT2D eigenvalue weighted by Gasteiger charge is -2.09. The molecule has 0 amide bonds. The van der Waals surface area contributed by atoms with Crippen molar-refractivity contribution in [2.75, 3.05) is 11.9 Å². The third-order valence-corrected chi connectivity index (χ3v) is 2.66. The third kappa shape index (κ3) is 3.95. The van der Waals surface area contributed by atoms with Crippen molar-refractivity contribution in [3.05, 3.63) is 47.3 Å². The van der Waals surface area contributed by atoms with Crippen LogP contribution in [0.5, 0.6) is 5.88 Å². The van der Waals surface area contributed by atoms with Crippen LogP contribution in [0, 0.1) is 13.8 Å². The predicted octanol–water partition coefficient (Wildman–Crippen LogP) is 3.10. The van der Waals surface area contributed by atoms with Gasteiger partial charge in [0.2, 0.25) is 5.88 Å². The first-order chi connectivity index (χ1) is 9.17. The predicted molar refractivity (Wildman–Crippen MR) is 76.4 cm³/mol. The SMILES string of the molecule is CCOc1cc(NCc2cccc(C)c2)nc(C)n1. The number of nitrogens with one attached hydrogen (secondary N) is 1. The number of benzene rings is 1. The summed E-state index contributed by atoms with van der Waals surface area (Å²) in [5.74, 6) is 2.11. The quantitative estimate of drug-likeness (QED) is 0.894. The first-order valence-corrected chi connectivity index (χ1v) is 6.45. The van der Waals surface area contributed by atoms with Gasteiger partial charge in [0, 0.05) is 12.6 Å². The Balaban J connectivity index is 2.06. The Kier molecular flexibility index (Phi) is 4.34. The van der Waals surface area contributed by atoms with Crippen molar-refractivity contribution >= 4 is 5.82 Å². The van der Waals surface area contributed by atoms with E-state index in [0.717, 1.165) is 12.4 Å². The average Bonchev–Trinajstić information content (AvgIpc) is 2.36. The van der Waals surface area contributed by atoms with Gasteiger partial charge in [-0.2, -0.15) is 4.98 Å². The molecule has 1 aromatic heterocycles. The Hall–Kier alpha value is -2.10. The minimum atomic E-state index is 0.605. The fraction of sp³-hybridized carbons (Fsp3) is 0.333. The summed E-state index contributed by atoms with van der Waals surface area (Å²) >= 11 is 0. The fourth-order valence-corrected chi connectivity index (χ4v) is 1.87. The molecule has 0 spiro atoms. The first-order valence-electron chi connectivity index (χ1n) is 6.45. The molecular formula is C15H19N3O. The van der Waals surface area contributed by atoms with E-state index in [9.17, 15) is 0 Å². The molecule has 1 N–H and O–H groups in total. The zero-order valence-corrected chi connectivity index (χ0v) is 11.6. The maximum Gasteiger partial charge on any atom is 0.218 e. The van der Waals surface area contributed by atoms with Crippen molar-refractivity contribution in [3.63, 3.8) is 0 Å². The van der Waals surface area contributed by atoms with E-state index in [-0.39, 0.29) is 0 Å². The third-order valence-electron chi connectivity index (χ3n) is 2.66. The molecule has 2 rings (SSSR count). The van der Waals surface area contributed by atoms with E-state index in [0.29, 0.717) is 18.3 Å². The van der Waals surface area contributed by atoms with Crippen LogP contribution >= 0.6 is 0 Å². The largest absolute Gasteiger partial charge is 0.478 e. The molecule has 0 aliphatic rings. The van der Waals surface area contributed by atoms with Crippen molar-refractivity contribution < 1.29 is 4.74 Å². The highest BCUT2D eigenvalue weighted by molar-refractivity contribution is 5.39. The van der Waals surface area contributed by atoms with Crippen LogP contribution in [-0.2, 0) is 6.54 Å². The van der Waals surface area contributed by atoms with Crippen LogP contribution in [0.25, 0.3) is 0 Å². The molecule has 1 aromatic carbocycles. The van der Waals surface area contributed by atoms with Gasteiger partial charge in [0.25, 0.3) is 0 Å². The standard InChI is InChI=1S/C15H19N3O/c1-4-19-15-9-14(17-12(3)18-15)16-10-13-7-5-6-11(2)8-13/h5-9H,4,10H2,1-3H3,(H,16,17,18). The number of anilines is 1.